The first kappa shape index (κ1) is 15.7. The third-order valence-electron chi connectivity index (χ3n) is 3.60. The molecule has 1 heterocycles. The number of rotatable bonds is 4. The van der Waals surface area contributed by atoms with Crippen molar-refractivity contribution in [1.82, 2.24) is 0 Å². The maximum absolute atomic E-state index is 12.4. The van der Waals surface area contributed by atoms with Gasteiger partial charge in [-0.2, -0.15) is 8.78 Å². The Labute approximate surface area is 126 Å². The molecule has 1 aromatic rings. The molecular formula is C13H16BrF2NO2S. The Hall–Kier alpha value is -0.690. The van der Waals surface area contributed by atoms with Crippen LogP contribution in [0.15, 0.2) is 29.2 Å². The van der Waals surface area contributed by atoms with Crippen molar-refractivity contribution < 1.29 is 17.2 Å². The van der Waals surface area contributed by atoms with E-state index in [4.69, 9.17) is 0 Å². The first-order valence-corrected chi connectivity index (χ1v) is 9.05. The van der Waals surface area contributed by atoms with Crippen LogP contribution in [0.2, 0.25) is 0 Å². The van der Waals surface area contributed by atoms with E-state index in [1.165, 1.54) is 12.1 Å². The number of hydrogen-bond donors (Lipinski definition) is 0. The van der Waals surface area contributed by atoms with Gasteiger partial charge in [-0.15, -0.1) is 0 Å². The number of sulfone groups is 1. The number of halogens is 3. The van der Waals surface area contributed by atoms with E-state index in [-0.39, 0.29) is 4.90 Å². The molecule has 1 aliphatic rings. The topological polar surface area (TPSA) is 37.4 Å². The van der Waals surface area contributed by atoms with Crippen LogP contribution in [0.4, 0.5) is 14.5 Å². The van der Waals surface area contributed by atoms with Gasteiger partial charge in [0.05, 0.1) is 4.90 Å². The summed E-state index contributed by atoms with van der Waals surface area (Å²) in [7, 11) is -4.50. The molecule has 0 N–H and O–H groups in total. The first-order chi connectivity index (χ1) is 9.45. The first-order valence-electron chi connectivity index (χ1n) is 6.38. The quantitative estimate of drug-likeness (QED) is 0.766. The third-order valence-corrected chi connectivity index (χ3v) is 5.91. The molecule has 0 spiro atoms. The van der Waals surface area contributed by atoms with Crippen LogP contribution in [-0.4, -0.2) is 32.6 Å². The van der Waals surface area contributed by atoms with Crippen molar-refractivity contribution in [1.29, 1.82) is 0 Å². The summed E-state index contributed by atoms with van der Waals surface area (Å²) in [5.41, 5.74) is 0.881. The van der Waals surface area contributed by atoms with Crippen molar-refractivity contribution >= 4 is 31.5 Å². The average Bonchev–Trinajstić information content (AvgIpc) is 2.47. The van der Waals surface area contributed by atoms with Crippen molar-refractivity contribution in [3.8, 4) is 0 Å². The molecule has 20 heavy (non-hydrogen) atoms. The van der Waals surface area contributed by atoms with Gasteiger partial charge in [-0.05, 0) is 43.0 Å². The number of alkyl halides is 3. The Morgan fingerprint density at radius 2 is 1.75 bits per heavy atom. The summed E-state index contributed by atoms with van der Waals surface area (Å²) in [6, 6.07) is 5.72. The van der Waals surface area contributed by atoms with E-state index in [1.807, 2.05) is 0 Å². The minimum Gasteiger partial charge on any atom is -0.372 e. The number of piperidine rings is 1. The van der Waals surface area contributed by atoms with Gasteiger partial charge in [0.15, 0.2) is 0 Å². The highest BCUT2D eigenvalue weighted by molar-refractivity contribution is 9.09. The van der Waals surface area contributed by atoms with E-state index in [0.717, 1.165) is 36.9 Å². The molecule has 0 aromatic heterocycles. The van der Waals surface area contributed by atoms with Crippen LogP contribution in [0, 0.1) is 5.92 Å². The van der Waals surface area contributed by atoms with Crippen molar-refractivity contribution in [3.63, 3.8) is 0 Å². The van der Waals surface area contributed by atoms with E-state index < -0.39 is 15.6 Å². The smallest absolute Gasteiger partial charge is 0.341 e. The molecule has 1 saturated heterocycles. The summed E-state index contributed by atoms with van der Waals surface area (Å²) < 4.78 is 47.5. The van der Waals surface area contributed by atoms with E-state index in [0.29, 0.717) is 5.92 Å². The lowest BCUT2D eigenvalue weighted by Gasteiger charge is -2.33. The second-order valence-corrected chi connectivity index (χ2v) is 7.45. The molecule has 1 aromatic carbocycles. The molecule has 0 aliphatic carbocycles. The highest BCUT2D eigenvalue weighted by Crippen LogP contribution is 2.26. The monoisotopic (exact) mass is 367 g/mol. The van der Waals surface area contributed by atoms with Gasteiger partial charge >= 0.3 is 5.76 Å². The van der Waals surface area contributed by atoms with Crippen molar-refractivity contribution in [2.24, 2.45) is 5.92 Å². The van der Waals surface area contributed by atoms with Crippen LogP contribution < -0.4 is 4.90 Å². The zero-order valence-electron chi connectivity index (χ0n) is 10.8. The highest BCUT2D eigenvalue weighted by Gasteiger charge is 2.26. The summed E-state index contributed by atoms with van der Waals surface area (Å²) in [4.78, 5) is 1.82. The van der Waals surface area contributed by atoms with Crippen LogP contribution in [0.1, 0.15) is 12.8 Å². The fourth-order valence-corrected chi connectivity index (χ4v) is 3.66. The van der Waals surface area contributed by atoms with Crippen LogP contribution in [0.5, 0.6) is 0 Å². The highest BCUT2D eigenvalue weighted by atomic mass is 79.9. The Bertz CT molecular complexity index is 540. The van der Waals surface area contributed by atoms with Crippen molar-refractivity contribution in [2.75, 3.05) is 23.3 Å². The van der Waals surface area contributed by atoms with Gasteiger partial charge in [0.2, 0.25) is 9.84 Å². The van der Waals surface area contributed by atoms with E-state index in [2.05, 4.69) is 20.8 Å². The number of benzene rings is 1. The summed E-state index contributed by atoms with van der Waals surface area (Å²) in [5, 5.41) is 0.992. The van der Waals surface area contributed by atoms with Gasteiger partial charge in [-0.25, -0.2) is 8.42 Å². The lowest BCUT2D eigenvalue weighted by atomic mass is 9.99. The summed E-state index contributed by atoms with van der Waals surface area (Å²) in [5.74, 6) is -2.70. The van der Waals surface area contributed by atoms with Crippen LogP contribution in [-0.2, 0) is 9.84 Å². The average molecular weight is 368 g/mol. The molecule has 1 fully saturated rings. The maximum atomic E-state index is 12.4. The van der Waals surface area contributed by atoms with E-state index in [1.54, 1.807) is 12.1 Å². The molecule has 3 nitrogen and oxygen atoms in total. The third kappa shape index (κ3) is 3.31. The molecule has 0 saturated carbocycles. The molecule has 0 amide bonds. The number of anilines is 1. The Balaban J connectivity index is 2.10. The molecule has 0 radical (unpaired) electrons. The Kier molecular flexibility index (Phi) is 5.01. The van der Waals surface area contributed by atoms with Crippen molar-refractivity contribution in [2.45, 2.75) is 23.5 Å². The predicted octanol–water partition coefficient (Wildman–Crippen LogP) is 3.29. The normalized spacial score (nSPS) is 17.7. The zero-order chi connectivity index (χ0) is 14.8. The molecule has 2 rings (SSSR count). The van der Waals surface area contributed by atoms with Gasteiger partial charge < -0.3 is 4.90 Å². The second-order valence-electron chi connectivity index (χ2n) is 4.88. The van der Waals surface area contributed by atoms with Gasteiger partial charge in [-0.1, -0.05) is 15.9 Å². The van der Waals surface area contributed by atoms with Gasteiger partial charge in [0.1, 0.15) is 0 Å². The minimum absolute atomic E-state index is 0.327. The molecule has 112 valence electrons. The molecule has 0 unspecified atom stereocenters. The molecule has 7 heteroatoms. The predicted molar refractivity (Wildman–Crippen MR) is 78.4 cm³/mol. The maximum Gasteiger partial charge on any atom is 0.341 e. The van der Waals surface area contributed by atoms with Crippen LogP contribution >= 0.6 is 15.9 Å². The summed E-state index contributed by atoms with van der Waals surface area (Å²) in [6.45, 7) is 1.80. The van der Waals surface area contributed by atoms with Crippen LogP contribution in [0.3, 0.4) is 0 Å². The zero-order valence-corrected chi connectivity index (χ0v) is 13.2. The fourth-order valence-electron chi connectivity index (χ4n) is 2.29. The summed E-state index contributed by atoms with van der Waals surface area (Å²) >= 11 is 3.48. The lowest BCUT2D eigenvalue weighted by molar-refractivity contribution is 0.234. The Morgan fingerprint density at radius 3 is 2.20 bits per heavy atom. The van der Waals surface area contributed by atoms with Gasteiger partial charge in [-0.3, -0.25) is 0 Å². The molecule has 0 bridgehead atoms. The SMILES string of the molecule is O=S(=O)(c1ccc(N2CCC(CBr)CC2)cc1)C(F)F. The molecular weight excluding hydrogens is 352 g/mol. The summed E-state index contributed by atoms with van der Waals surface area (Å²) in [6.07, 6.45) is 2.14. The standard InChI is InChI=1S/C13H16BrF2NO2S/c14-9-10-5-7-17(8-6-10)11-1-3-12(4-2-11)20(18,19)13(15)16/h1-4,10,13H,5-9H2. The molecule has 1 aliphatic heterocycles. The van der Waals surface area contributed by atoms with Crippen molar-refractivity contribution in [3.05, 3.63) is 24.3 Å². The fraction of sp³-hybridized carbons (Fsp3) is 0.538. The minimum atomic E-state index is -4.50. The van der Waals surface area contributed by atoms with Crippen LogP contribution in [0.25, 0.3) is 0 Å². The van der Waals surface area contributed by atoms with Gasteiger partial charge in [0, 0.05) is 24.1 Å². The lowest BCUT2D eigenvalue weighted by Crippen LogP contribution is -2.34. The molecule has 0 atom stereocenters. The Morgan fingerprint density at radius 1 is 1.20 bits per heavy atom. The van der Waals surface area contributed by atoms with E-state index in [9.17, 15) is 17.2 Å². The van der Waals surface area contributed by atoms with E-state index >= 15 is 0 Å². The second kappa shape index (κ2) is 6.39. The number of hydrogen-bond acceptors (Lipinski definition) is 3. The van der Waals surface area contributed by atoms with Gasteiger partial charge in [0.25, 0.3) is 0 Å². The number of nitrogens with zero attached hydrogens (tertiary/aromatic N) is 1. The largest absolute Gasteiger partial charge is 0.372 e.